The molecule has 2 N–H and O–H groups in total. The van der Waals surface area contributed by atoms with E-state index in [4.69, 9.17) is 0 Å². The molecule has 1 aliphatic carbocycles. The van der Waals surface area contributed by atoms with Crippen molar-refractivity contribution in [3.05, 3.63) is 36.1 Å². The second-order valence-corrected chi connectivity index (χ2v) is 5.74. The van der Waals surface area contributed by atoms with E-state index >= 15 is 0 Å². The molecule has 2 aliphatic heterocycles. The predicted octanol–water partition coefficient (Wildman–Crippen LogP) is 0.796. The average Bonchev–Trinajstić information content (AvgIpc) is 3.17. The Balaban J connectivity index is 1.81. The fraction of sp³-hybridized carbons (Fsp3) is 0.400. The molecule has 21 heavy (non-hydrogen) atoms. The van der Waals surface area contributed by atoms with E-state index in [1.54, 1.807) is 23.3 Å². The average molecular weight is 284 g/mol. The van der Waals surface area contributed by atoms with Crippen LogP contribution in [0.2, 0.25) is 0 Å². The van der Waals surface area contributed by atoms with Gasteiger partial charge in [0.1, 0.15) is 5.70 Å². The number of carbonyl (C=O) groups excluding carboxylic acids is 2. The largest absolute Gasteiger partial charge is 0.387 e. The standard InChI is InChI=1S/C15H16N4O2/c20-14-12(10-7-17-11-4-2-1-3-9(10)11)13(15(21)18-14)19-6-5-16-8-19/h5-9,11,17H,1-4H2,(H,18,20,21). The molecule has 0 aromatic carbocycles. The molecule has 1 saturated carbocycles. The highest BCUT2D eigenvalue weighted by atomic mass is 16.2. The van der Waals surface area contributed by atoms with Crippen molar-refractivity contribution in [2.75, 3.05) is 0 Å². The number of rotatable bonds is 2. The number of hydrogen-bond donors (Lipinski definition) is 2. The van der Waals surface area contributed by atoms with Crippen molar-refractivity contribution in [2.45, 2.75) is 31.7 Å². The highest BCUT2D eigenvalue weighted by Crippen LogP contribution is 2.39. The van der Waals surface area contributed by atoms with Crippen molar-refractivity contribution in [3.63, 3.8) is 0 Å². The van der Waals surface area contributed by atoms with Crippen molar-refractivity contribution in [1.82, 2.24) is 20.2 Å². The first-order valence-corrected chi connectivity index (χ1v) is 7.30. The second-order valence-electron chi connectivity index (χ2n) is 5.74. The first kappa shape index (κ1) is 12.4. The summed E-state index contributed by atoms with van der Waals surface area (Å²) in [7, 11) is 0. The van der Waals surface area contributed by atoms with Crippen molar-refractivity contribution in [3.8, 4) is 0 Å². The zero-order valence-electron chi connectivity index (χ0n) is 11.5. The quantitative estimate of drug-likeness (QED) is 0.788. The smallest absolute Gasteiger partial charge is 0.275 e. The maximum absolute atomic E-state index is 12.3. The van der Waals surface area contributed by atoms with Gasteiger partial charge in [0.2, 0.25) is 0 Å². The highest BCUT2D eigenvalue weighted by molar-refractivity contribution is 6.34. The van der Waals surface area contributed by atoms with Crippen molar-refractivity contribution in [1.29, 1.82) is 0 Å². The third kappa shape index (κ3) is 1.82. The molecular weight excluding hydrogens is 268 g/mol. The molecular formula is C15H16N4O2. The SMILES string of the molecule is O=C1NC(=O)C(n2ccnc2)=C1C1=CNC2CCCCC12. The minimum Gasteiger partial charge on any atom is -0.387 e. The first-order valence-electron chi connectivity index (χ1n) is 7.30. The molecule has 2 unspecified atom stereocenters. The van der Waals surface area contributed by atoms with Gasteiger partial charge in [-0.15, -0.1) is 0 Å². The topological polar surface area (TPSA) is 76.0 Å². The second kappa shape index (κ2) is 4.58. The Morgan fingerprint density at radius 3 is 2.86 bits per heavy atom. The molecule has 1 aromatic heterocycles. The van der Waals surface area contributed by atoms with Gasteiger partial charge in [0, 0.05) is 30.6 Å². The minimum atomic E-state index is -0.354. The number of hydrogen-bond acceptors (Lipinski definition) is 4. The van der Waals surface area contributed by atoms with E-state index in [0.717, 1.165) is 18.4 Å². The zero-order chi connectivity index (χ0) is 14.4. The zero-order valence-corrected chi connectivity index (χ0v) is 11.5. The van der Waals surface area contributed by atoms with Gasteiger partial charge in [-0.1, -0.05) is 12.8 Å². The van der Waals surface area contributed by atoms with Gasteiger partial charge >= 0.3 is 0 Å². The summed E-state index contributed by atoms with van der Waals surface area (Å²) in [6.07, 6.45) is 11.3. The molecule has 0 saturated heterocycles. The van der Waals surface area contributed by atoms with Crippen LogP contribution in [0.4, 0.5) is 0 Å². The van der Waals surface area contributed by atoms with E-state index < -0.39 is 0 Å². The van der Waals surface area contributed by atoms with Gasteiger partial charge in [0.05, 0.1) is 11.9 Å². The van der Waals surface area contributed by atoms with Crippen LogP contribution < -0.4 is 10.6 Å². The van der Waals surface area contributed by atoms with Crippen LogP contribution in [0.1, 0.15) is 25.7 Å². The molecule has 108 valence electrons. The van der Waals surface area contributed by atoms with E-state index in [0.29, 0.717) is 23.2 Å². The number of imide groups is 1. The molecule has 2 atom stereocenters. The third-order valence-corrected chi connectivity index (χ3v) is 4.58. The van der Waals surface area contributed by atoms with E-state index in [1.807, 2.05) is 6.20 Å². The van der Waals surface area contributed by atoms with Gasteiger partial charge < -0.3 is 9.88 Å². The van der Waals surface area contributed by atoms with Crippen LogP contribution >= 0.6 is 0 Å². The number of carbonyl (C=O) groups is 2. The minimum absolute atomic E-state index is 0.303. The third-order valence-electron chi connectivity index (χ3n) is 4.58. The number of aromatic nitrogens is 2. The number of nitrogens with zero attached hydrogens (tertiary/aromatic N) is 2. The van der Waals surface area contributed by atoms with Crippen LogP contribution in [-0.4, -0.2) is 27.4 Å². The molecule has 6 heteroatoms. The highest BCUT2D eigenvalue weighted by Gasteiger charge is 2.41. The predicted molar refractivity (Wildman–Crippen MR) is 75.6 cm³/mol. The molecule has 2 amide bonds. The molecule has 3 heterocycles. The van der Waals surface area contributed by atoms with Crippen LogP contribution in [0.3, 0.4) is 0 Å². The number of fused-ring (bicyclic) bond motifs is 1. The molecule has 1 aromatic rings. The Bertz CT molecular complexity index is 672. The summed E-state index contributed by atoms with van der Waals surface area (Å²) in [5.74, 6) is -0.333. The van der Waals surface area contributed by atoms with Gasteiger partial charge in [0.25, 0.3) is 11.8 Å². The van der Waals surface area contributed by atoms with E-state index in [9.17, 15) is 9.59 Å². The first-order chi connectivity index (χ1) is 10.3. The summed E-state index contributed by atoms with van der Waals surface area (Å²) in [6.45, 7) is 0. The molecule has 0 radical (unpaired) electrons. The lowest BCUT2D eigenvalue weighted by atomic mass is 9.79. The van der Waals surface area contributed by atoms with Crippen LogP contribution in [0.15, 0.2) is 36.1 Å². The normalized spacial score (nSPS) is 28.3. The maximum atomic E-state index is 12.3. The summed E-state index contributed by atoms with van der Waals surface area (Å²) >= 11 is 0. The molecule has 6 nitrogen and oxygen atoms in total. The van der Waals surface area contributed by atoms with Gasteiger partial charge in [-0.05, 0) is 18.4 Å². The number of amides is 2. The molecule has 1 fully saturated rings. The maximum Gasteiger partial charge on any atom is 0.275 e. The van der Waals surface area contributed by atoms with Gasteiger partial charge in [0.15, 0.2) is 0 Å². The Hall–Kier alpha value is -2.37. The monoisotopic (exact) mass is 284 g/mol. The lowest BCUT2D eigenvalue weighted by Gasteiger charge is -2.27. The summed E-state index contributed by atoms with van der Waals surface area (Å²) in [6, 6.07) is 0.397. The Kier molecular flexibility index (Phi) is 2.70. The number of nitrogens with one attached hydrogen (secondary N) is 2. The summed E-state index contributed by atoms with van der Waals surface area (Å²) in [5.41, 5.74) is 1.85. The summed E-state index contributed by atoms with van der Waals surface area (Å²) in [5, 5.41) is 5.78. The van der Waals surface area contributed by atoms with Crippen molar-refractivity contribution >= 4 is 17.5 Å². The van der Waals surface area contributed by atoms with Gasteiger partial charge in [-0.25, -0.2) is 4.98 Å². The van der Waals surface area contributed by atoms with E-state index in [2.05, 4.69) is 15.6 Å². The van der Waals surface area contributed by atoms with Crippen LogP contribution in [-0.2, 0) is 9.59 Å². The van der Waals surface area contributed by atoms with Crippen molar-refractivity contribution < 1.29 is 9.59 Å². The summed E-state index contributed by atoms with van der Waals surface area (Å²) < 4.78 is 1.62. The lowest BCUT2D eigenvalue weighted by Crippen LogP contribution is -2.31. The van der Waals surface area contributed by atoms with Gasteiger partial charge in [-0.2, -0.15) is 0 Å². The Morgan fingerprint density at radius 2 is 2.05 bits per heavy atom. The van der Waals surface area contributed by atoms with E-state index in [1.165, 1.54) is 12.8 Å². The van der Waals surface area contributed by atoms with Crippen LogP contribution in [0.5, 0.6) is 0 Å². The Labute approximate surface area is 121 Å². The van der Waals surface area contributed by atoms with Crippen molar-refractivity contribution in [2.24, 2.45) is 5.92 Å². The van der Waals surface area contributed by atoms with Crippen LogP contribution in [0.25, 0.3) is 5.70 Å². The number of imidazole rings is 1. The molecule has 3 aliphatic rings. The van der Waals surface area contributed by atoms with E-state index in [-0.39, 0.29) is 11.8 Å². The Morgan fingerprint density at radius 1 is 1.19 bits per heavy atom. The fourth-order valence-corrected chi connectivity index (χ4v) is 3.62. The fourth-order valence-electron chi connectivity index (χ4n) is 3.62. The molecule has 4 rings (SSSR count). The van der Waals surface area contributed by atoms with Gasteiger partial charge in [-0.3, -0.25) is 14.9 Å². The molecule has 0 spiro atoms. The summed E-state index contributed by atoms with van der Waals surface area (Å²) in [4.78, 5) is 28.4. The molecule has 0 bridgehead atoms. The van der Waals surface area contributed by atoms with Crippen LogP contribution in [0, 0.1) is 5.92 Å². The lowest BCUT2D eigenvalue weighted by molar-refractivity contribution is -0.123.